The Bertz CT molecular complexity index is 588. The zero-order valence-electron chi connectivity index (χ0n) is 10.9. The Labute approximate surface area is 115 Å². The van der Waals surface area contributed by atoms with E-state index in [1.807, 2.05) is 6.92 Å². The molecule has 0 aliphatic rings. The van der Waals surface area contributed by atoms with E-state index in [4.69, 9.17) is 5.73 Å². The lowest BCUT2D eigenvalue weighted by molar-refractivity contribution is 0.0962. The van der Waals surface area contributed by atoms with Crippen molar-refractivity contribution in [2.24, 2.45) is 0 Å². The molecular weight excluding hydrogens is 258 g/mol. The quantitative estimate of drug-likeness (QED) is 0.590. The highest BCUT2D eigenvalue weighted by atomic mass is 16.2. The summed E-state index contributed by atoms with van der Waals surface area (Å²) in [6.07, 6.45) is 4.41. The molecule has 20 heavy (non-hydrogen) atoms. The van der Waals surface area contributed by atoms with Gasteiger partial charge in [0, 0.05) is 18.9 Å². The molecule has 104 valence electrons. The van der Waals surface area contributed by atoms with Gasteiger partial charge in [-0.2, -0.15) is 0 Å². The van der Waals surface area contributed by atoms with Crippen molar-refractivity contribution in [1.82, 2.24) is 20.4 Å². The topological polar surface area (TPSA) is 118 Å². The number of rotatable bonds is 5. The van der Waals surface area contributed by atoms with E-state index in [1.165, 1.54) is 12.5 Å². The Balaban J connectivity index is 2.04. The minimum Gasteiger partial charge on any atom is -0.393 e. The maximum atomic E-state index is 11.8. The molecule has 0 atom stereocenters. The number of carbonyl (C=O) groups excluding carboxylic acids is 1. The SMILES string of the molecule is CCNc1ncnc(NNC(=O)c2cccnc2)c1N. The molecule has 5 N–H and O–H groups in total. The highest BCUT2D eigenvalue weighted by Gasteiger charge is 2.09. The average Bonchev–Trinajstić information content (AvgIpc) is 2.49. The number of anilines is 3. The molecule has 2 heterocycles. The molecule has 1 amide bonds. The molecule has 2 rings (SSSR count). The molecule has 0 bridgehead atoms. The second-order valence-electron chi connectivity index (χ2n) is 3.84. The van der Waals surface area contributed by atoms with Gasteiger partial charge in [0.1, 0.15) is 12.0 Å². The van der Waals surface area contributed by atoms with Gasteiger partial charge in [-0.3, -0.25) is 20.6 Å². The van der Waals surface area contributed by atoms with Crippen molar-refractivity contribution in [3.8, 4) is 0 Å². The average molecular weight is 273 g/mol. The van der Waals surface area contributed by atoms with E-state index < -0.39 is 0 Å². The van der Waals surface area contributed by atoms with Crippen molar-refractivity contribution in [2.75, 3.05) is 23.0 Å². The van der Waals surface area contributed by atoms with Crippen LogP contribution >= 0.6 is 0 Å². The third kappa shape index (κ3) is 3.10. The number of hydrazine groups is 1. The number of nitrogens with two attached hydrogens (primary N) is 1. The van der Waals surface area contributed by atoms with E-state index in [9.17, 15) is 4.79 Å². The van der Waals surface area contributed by atoms with E-state index >= 15 is 0 Å². The number of hydrogen-bond acceptors (Lipinski definition) is 7. The van der Waals surface area contributed by atoms with Crippen LogP contribution in [0.5, 0.6) is 0 Å². The van der Waals surface area contributed by atoms with Gasteiger partial charge in [0.2, 0.25) is 0 Å². The van der Waals surface area contributed by atoms with Gasteiger partial charge in [-0.15, -0.1) is 0 Å². The third-order valence-corrected chi connectivity index (χ3v) is 2.45. The molecule has 0 unspecified atom stereocenters. The summed E-state index contributed by atoms with van der Waals surface area (Å²) in [7, 11) is 0. The molecule has 0 aromatic carbocycles. The van der Waals surface area contributed by atoms with Gasteiger partial charge < -0.3 is 11.1 Å². The number of carbonyl (C=O) groups is 1. The lowest BCUT2D eigenvalue weighted by Gasteiger charge is -2.12. The first-order chi connectivity index (χ1) is 9.72. The van der Waals surface area contributed by atoms with E-state index in [1.54, 1.807) is 18.3 Å². The van der Waals surface area contributed by atoms with Gasteiger partial charge in [0.05, 0.1) is 5.56 Å². The molecule has 0 aliphatic heterocycles. The number of pyridine rings is 1. The van der Waals surface area contributed by atoms with Crippen LogP contribution in [0.3, 0.4) is 0 Å². The number of nitrogens with zero attached hydrogens (tertiary/aromatic N) is 3. The number of nitrogen functional groups attached to an aromatic ring is 1. The smallest absolute Gasteiger partial charge is 0.271 e. The Hall–Kier alpha value is -2.90. The maximum absolute atomic E-state index is 11.8. The summed E-state index contributed by atoms with van der Waals surface area (Å²) in [5, 5.41) is 3.00. The van der Waals surface area contributed by atoms with E-state index in [0.29, 0.717) is 29.4 Å². The molecule has 0 spiro atoms. The van der Waals surface area contributed by atoms with Crippen LogP contribution in [0.15, 0.2) is 30.9 Å². The van der Waals surface area contributed by atoms with Crippen LogP contribution in [0.2, 0.25) is 0 Å². The minimum absolute atomic E-state index is 0.327. The molecule has 2 aromatic heterocycles. The first kappa shape index (κ1) is 13.5. The first-order valence-corrected chi connectivity index (χ1v) is 6.03. The number of aromatic nitrogens is 3. The Kier molecular flexibility index (Phi) is 4.28. The van der Waals surface area contributed by atoms with Crippen LogP contribution in [0.4, 0.5) is 17.3 Å². The summed E-state index contributed by atoms with van der Waals surface area (Å²) in [5.41, 5.74) is 11.8. The van der Waals surface area contributed by atoms with Crippen LogP contribution in [-0.4, -0.2) is 27.4 Å². The third-order valence-electron chi connectivity index (χ3n) is 2.45. The Morgan fingerprint density at radius 3 is 2.85 bits per heavy atom. The largest absolute Gasteiger partial charge is 0.393 e. The molecule has 0 saturated heterocycles. The monoisotopic (exact) mass is 273 g/mol. The van der Waals surface area contributed by atoms with E-state index in [-0.39, 0.29) is 5.91 Å². The van der Waals surface area contributed by atoms with Crippen LogP contribution in [0, 0.1) is 0 Å². The molecule has 0 aliphatic carbocycles. The van der Waals surface area contributed by atoms with Gasteiger partial charge in [-0.05, 0) is 19.1 Å². The lowest BCUT2D eigenvalue weighted by atomic mass is 10.3. The lowest BCUT2D eigenvalue weighted by Crippen LogP contribution is -2.30. The van der Waals surface area contributed by atoms with Crippen molar-refractivity contribution in [3.05, 3.63) is 36.4 Å². The molecule has 0 saturated carbocycles. The van der Waals surface area contributed by atoms with Crippen molar-refractivity contribution in [2.45, 2.75) is 6.92 Å². The minimum atomic E-state index is -0.332. The second kappa shape index (κ2) is 6.32. The standard InChI is InChI=1S/C12H15N7O/c1-2-15-10-9(13)11(17-7-16-10)18-19-12(20)8-4-3-5-14-6-8/h3-7H,2,13H2,1H3,(H,19,20)(H2,15,16,17,18). The number of hydrogen-bond donors (Lipinski definition) is 4. The van der Waals surface area contributed by atoms with E-state index in [2.05, 4.69) is 31.1 Å². The van der Waals surface area contributed by atoms with Crippen molar-refractivity contribution in [3.63, 3.8) is 0 Å². The fraction of sp³-hybridized carbons (Fsp3) is 0.167. The zero-order valence-corrected chi connectivity index (χ0v) is 10.9. The van der Waals surface area contributed by atoms with Crippen molar-refractivity contribution < 1.29 is 4.79 Å². The maximum Gasteiger partial charge on any atom is 0.271 e. The van der Waals surface area contributed by atoms with Crippen LogP contribution in [0.25, 0.3) is 0 Å². The highest BCUT2D eigenvalue weighted by Crippen LogP contribution is 2.21. The van der Waals surface area contributed by atoms with Gasteiger partial charge in [0.15, 0.2) is 11.6 Å². The molecule has 8 nitrogen and oxygen atoms in total. The Morgan fingerprint density at radius 1 is 1.35 bits per heavy atom. The Morgan fingerprint density at radius 2 is 2.15 bits per heavy atom. The fourth-order valence-corrected chi connectivity index (χ4v) is 1.49. The molecule has 0 radical (unpaired) electrons. The van der Waals surface area contributed by atoms with Crippen LogP contribution in [0.1, 0.15) is 17.3 Å². The summed E-state index contributed by atoms with van der Waals surface area (Å²) in [6.45, 7) is 2.61. The predicted octanol–water partition coefficient (Wildman–Crippen LogP) is 0.642. The fourth-order valence-electron chi connectivity index (χ4n) is 1.49. The summed E-state index contributed by atoms with van der Waals surface area (Å²) in [4.78, 5) is 23.7. The molecular formula is C12H15N7O. The van der Waals surface area contributed by atoms with Crippen molar-refractivity contribution in [1.29, 1.82) is 0 Å². The summed E-state index contributed by atoms with van der Waals surface area (Å²) in [5.74, 6) is 0.509. The summed E-state index contributed by atoms with van der Waals surface area (Å²) < 4.78 is 0. The zero-order chi connectivity index (χ0) is 14.4. The van der Waals surface area contributed by atoms with Crippen LogP contribution < -0.4 is 21.9 Å². The van der Waals surface area contributed by atoms with Crippen LogP contribution in [-0.2, 0) is 0 Å². The molecule has 8 heteroatoms. The molecule has 0 fully saturated rings. The van der Waals surface area contributed by atoms with Gasteiger partial charge in [-0.1, -0.05) is 0 Å². The number of nitrogens with one attached hydrogen (secondary N) is 3. The number of amides is 1. The molecule has 2 aromatic rings. The van der Waals surface area contributed by atoms with Gasteiger partial charge in [0.25, 0.3) is 5.91 Å². The summed E-state index contributed by atoms with van der Waals surface area (Å²) in [6, 6.07) is 3.33. The van der Waals surface area contributed by atoms with Gasteiger partial charge in [-0.25, -0.2) is 9.97 Å². The first-order valence-electron chi connectivity index (χ1n) is 6.03. The second-order valence-corrected chi connectivity index (χ2v) is 3.84. The van der Waals surface area contributed by atoms with Crippen molar-refractivity contribution >= 4 is 23.2 Å². The van der Waals surface area contributed by atoms with E-state index in [0.717, 1.165) is 0 Å². The predicted molar refractivity (Wildman–Crippen MR) is 75.9 cm³/mol. The normalized spacial score (nSPS) is 9.85. The summed E-state index contributed by atoms with van der Waals surface area (Å²) >= 11 is 0. The van der Waals surface area contributed by atoms with Gasteiger partial charge >= 0.3 is 0 Å². The highest BCUT2D eigenvalue weighted by molar-refractivity contribution is 5.94.